The van der Waals surface area contributed by atoms with Crippen LogP contribution in [0.5, 0.6) is 5.75 Å². The molecule has 6 heteroatoms. The molecule has 23 heavy (non-hydrogen) atoms. The average Bonchev–Trinajstić information content (AvgIpc) is 3.07. The number of nitrogens with one attached hydrogen (secondary N) is 2. The minimum absolute atomic E-state index is 0.0967. The molecule has 1 aliphatic rings. The van der Waals surface area contributed by atoms with E-state index in [2.05, 4.69) is 10.3 Å². The molecule has 116 valence electrons. The van der Waals surface area contributed by atoms with E-state index in [9.17, 15) is 9.59 Å². The van der Waals surface area contributed by atoms with Crippen molar-refractivity contribution in [2.75, 3.05) is 5.32 Å². The fourth-order valence-corrected chi connectivity index (χ4v) is 3.53. The van der Waals surface area contributed by atoms with Crippen molar-refractivity contribution in [1.82, 2.24) is 4.98 Å². The fraction of sp³-hybridized carbons (Fsp3) is 0.176. The monoisotopic (exact) mass is 326 g/mol. The molecule has 1 unspecified atom stereocenters. The Morgan fingerprint density at radius 3 is 3.04 bits per heavy atom. The van der Waals surface area contributed by atoms with E-state index in [0.29, 0.717) is 12.1 Å². The summed E-state index contributed by atoms with van der Waals surface area (Å²) in [7, 11) is 0. The van der Waals surface area contributed by atoms with Crippen LogP contribution in [-0.2, 0) is 11.2 Å². The lowest BCUT2D eigenvalue weighted by atomic mass is 10.1. The predicted molar refractivity (Wildman–Crippen MR) is 90.3 cm³/mol. The highest BCUT2D eigenvalue weighted by molar-refractivity contribution is 7.16. The van der Waals surface area contributed by atoms with E-state index in [0.717, 1.165) is 39.3 Å². The standard InChI is InChI=1S/C17H14N2O3S/c20-16(9-12-7-10-3-1-2-4-14(10)22-12)18-11-5-6-15-13(8-11)19-17(21)23-15/h1-6,8,12H,7,9H2,(H,18,20)(H,19,21). The second-order valence-electron chi connectivity index (χ2n) is 5.53. The van der Waals surface area contributed by atoms with Gasteiger partial charge in [0.05, 0.1) is 16.6 Å². The minimum Gasteiger partial charge on any atom is -0.489 e. The molecule has 2 heterocycles. The highest BCUT2D eigenvalue weighted by Gasteiger charge is 2.24. The Morgan fingerprint density at radius 1 is 1.30 bits per heavy atom. The Balaban J connectivity index is 1.42. The smallest absolute Gasteiger partial charge is 0.305 e. The van der Waals surface area contributed by atoms with Crippen LogP contribution in [0.25, 0.3) is 10.2 Å². The van der Waals surface area contributed by atoms with Crippen molar-refractivity contribution in [2.45, 2.75) is 18.9 Å². The Morgan fingerprint density at radius 2 is 2.17 bits per heavy atom. The number of thiazole rings is 1. The van der Waals surface area contributed by atoms with Gasteiger partial charge in [0, 0.05) is 12.1 Å². The van der Waals surface area contributed by atoms with Crippen LogP contribution in [0.15, 0.2) is 47.3 Å². The SMILES string of the molecule is O=C(CC1Cc2ccccc2O1)Nc1ccc2sc(=O)[nH]c2c1. The van der Waals surface area contributed by atoms with Crippen molar-refractivity contribution in [3.63, 3.8) is 0 Å². The Labute approximate surface area is 135 Å². The van der Waals surface area contributed by atoms with Gasteiger partial charge >= 0.3 is 4.87 Å². The van der Waals surface area contributed by atoms with Crippen molar-refractivity contribution < 1.29 is 9.53 Å². The number of para-hydroxylation sites is 1. The fourth-order valence-electron chi connectivity index (χ4n) is 2.82. The number of aromatic nitrogens is 1. The van der Waals surface area contributed by atoms with Crippen LogP contribution in [0.2, 0.25) is 0 Å². The second-order valence-corrected chi connectivity index (χ2v) is 6.54. The zero-order valence-corrected chi connectivity index (χ0v) is 13.0. The molecule has 5 nitrogen and oxygen atoms in total. The van der Waals surface area contributed by atoms with E-state index >= 15 is 0 Å². The number of rotatable bonds is 3. The highest BCUT2D eigenvalue weighted by atomic mass is 32.1. The zero-order chi connectivity index (χ0) is 15.8. The molecule has 2 N–H and O–H groups in total. The lowest BCUT2D eigenvalue weighted by molar-refractivity contribution is -0.117. The average molecular weight is 326 g/mol. The number of ether oxygens (including phenoxy) is 1. The molecule has 1 atom stereocenters. The van der Waals surface area contributed by atoms with Gasteiger partial charge in [0.15, 0.2) is 0 Å². The Kier molecular flexibility index (Phi) is 3.38. The maximum absolute atomic E-state index is 12.2. The first-order chi connectivity index (χ1) is 11.2. The summed E-state index contributed by atoms with van der Waals surface area (Å²) in [4.78, 5) is 26.2. The van der Waals surface area contributed by atoms with Crippen molar-refractivity contribution >= 4 is 33.1 Å². The van der Waals surface area contributed by atoms with Crippen LogP contribution >= 0.6 is 11.3 Å². The number of anilines is 1. The van der Waals surface area contributed by atoms with Crippen LogP contribution in [0, 0.1) is 0 Å². The van der Waals surface area contributed by atoms with Gasteiger partial charge in [-0.2, -0.15) is 0 Å². The molecule has 4 rings (SSSR count). The number of hydrogen-bond acceptors (Lipinski definition) is 4. The van der Waals surface area contributed by atoms with Crippen LogP contribution in [-0.4, -0.2) is 17.0 Å². The molecule has 1 amide bonds. The van der Waals surface area contributed by atoms with Crippen LogP contribution in [0.3, 0.4) is 0 Å². The summed E-state index contributed by atoms with van der Waals surface area (Å²) in [6.45, 7) is 0. The minimum atomic E-state index is -0.128. The summed E-state index contributed by atoms with van der Waals surface area (Å²) >= 11 is 1.16. The first kappa shape index (κ1) is 14.0. The summed E-state index contributed by atoms with van der Waals surface area (Å²) in [5, 5.41) is 2.86. The molecule has 0 spiro atoms. The molecule has 1 aliphatic heterocycles. The summed E-state index contributed by atoms with van der Waals surface area (Å²) in [6, 6.07) is 13.3. The summed E-state index contributed by atoms with van der Waals surface area (Å²) < 4.78 is 6.66. The van der Waals surface area contributed by atoms with E-state index in [1.165, 1.54) is 0 Å². The number of amides is 1. The molecule has 0 fully saturated rings. The molecule has 0 saturated heterocycles. The first-order valence-corrected chi connectivity index (χ1v) is 8.16. The second kappa shape index (κ2) is 5.55. The van der Waals surface area contributed by atoms with Gasteiger partial charge in [0.1, 0.15) is 11.9 Å². The van der Waals surface area contributed by atoms with E-state index in [1.54, 1.807) is 12.1 Å². The Hall–Kier alpha value is -2.60. The predicted octanol–water partition coefficient (Wildman–Crippen LogP) is 2.92. The lowest BCUT2D eigenvalue weighted by Gasteiger charge is -2.11. The van der Waals surface area contributed by atoms with Gasteiger partial charge in [0.25, 0.3) is 0 Å². The topological polar surface area (TPSA) is 71.2 Å². The number of carbonyl (C=O) groups excluding carboxylic acids is 1. The third kappa shape index (κ3) is 2.85. The molecule has 0 bridgehead atoms. The molecular weight excluding hydrogens is 312 g/mol. The van der Waals surface area contributed by atoms with Gasteiger partial charge < -0.3 is 15.0 Å². The number of hydrogen-bond donors (Lipinski definition) is 2. The number of fused-ring (bicyclic) bond motifs is 2. The molecule has 2 aromatic carbocycles. The van der Waals surface area contributed by atoms with Crippen LogP contribution in [0.1, 0.15) is 12.0 Å². The van der Waals surface area contributed by atoms with Gasteiger partial charge in [-0.05, 0) is 29.8 Å². The molecular formula is C17H14N2O3S. The number of carbonyl (C=O) groups is 1. The van der Waals surface area contributed by atoms with E-state index in [-0.39, 0.29) is 16.9 Å². The van der Waals surface area contributed by atoms with Crippen molar-refractivity contribution in [1.29, 1.82) is 0 Å². The lowest BCUT2D eigenvalue weighted by Crippen LogP contribution is -2.23. The number of H-pyrrole nitrogens is 1. The van der Waals surface area contributed by atoms with E-state index in [4.69, 9.17) is 4.74 Å². The van der Waals surface area contributed by atoms with Crippen LogP contribution < -0.4 is 14.9 Å². The third-order valence-electron chi connectivity index (χ3n) is 3.83. The van der Waals surface area contributed by atoms with Gasteiger partial charge in [0.2, 0.25) is 5.91 Å². The summed E-state index contributed by atoms with van der Waals surface area (Å²) in [5.74, 6) is 0.766. The maximum atomic E-state index is 12.2. The van der Waals surface area contributed by atoms with Crippen molar-refractivity contribution in [3.05, 3.63) is 57.7 Å². The van der Waals surface area contributed by atoms with Gasteiger partial charge in [-0.25, -0.2) is 0 Å². The summed E-state index contributed by atoms with van der Waals surface area (Å²) in [5.41, 5.74) is 2.55. The van der Waals surface area contributed by atoms with Gasteiger partial charge in [-0.3, -0.25) is 9.59 Å². The van der Waals surface area contributed by atoms with Crippen LogP contribution in [0.4, 0.5) is 5.69 Å². The molecule has 3 aromatic rings. The maximum Gasteiger partial charge on any atom is 0.305 e. The molecule has 1 aromatic heterocycles. The van der Waals surface area contributed by atoms with E-state index < -0.39 is 0 Å². The molecule has 0 aliphatic carbocycles. The largest absolute Gasteiger partial charge is 0.489 e. The zero-order valence-electron chi connectivity index (χ0n) is 12.2. The highest BCUT2D eigenvalue weighted by Crippen LogP contribution is 2.29. The normalized spacial score (nSPS) is 16.1. The quantitative estimate of drug-likeness (QED) is 0.777. The number of aromatic amines is 1. The first-order valence-electron chi connectivity index (χ1n) is 7.35. The Bertz CT molecular complexity index is 919. The number of benzene rings is 2. The third-order valence-corrected chi connectivity index (χ3v) is 4.69. The van der Waals surface area contributed by atoms with E-state index in [1.807, 2.05) is 30.3 Å². The summed E-state index contributed by atoms with van der Waals surface area (Å²) in [6.07, 6.45) is 0.921. The van der Waals surface area contributed by atoms with Crippen molar-refractivity contribution in [2.24, 2.45) is 0 Å². The van der Waals surface area contributed by atoms with Gasteiger partial charge in [-0.1, -0.05) is 29.5 Å². The van der Waals surface area contributed by atoms with Crippen molar-refractivity contribution in [3.8, 4) is 5.75 Å². The molecule has 0 saturated carbocycles. The molecule has 0 radical (unpaired) electrons. The van der Waals surface area contributed by atoms with Gasteiger partial charge in [-0.15, -0.1) is 0 Å².